The van der Waals surface area contributed by atoms with Gasteiger partial charge in [-0.1, -0.05) is 60.7 Å². The van der Waals surface area contributed by atoms with Crippen molar-refractivity contribution in [2.24, 2.45) is 5.14 Å². The lowest BCUT2D eigenvalue weighted by Crippen LogP contribution is -2.11. The molecule has 2 heterocycles. The van der Waals surface area contributed by atoms with Crippen LogP contribution < -0.4 is 10.5 Å². The summed E-state index contributed by atoms with van der Waals surface area (Å²) in [7, 11) is -3.77. The van der Waals surface area contributed by atoms with Crippen LogP contribution in [0.15, 0.2) is 101 Å². The highest BCUT2D eigenvalue weighted by atomic mass is 32.2. The fourth-order valence-electron chi connectivity index (χ4n) is 3.57. The van der Waals surface area contributed by atoms with Gasteiger partial charge in [-0.15, -0.1) is 0 Å². The molecule has 0 amide bonds. The van der Waals surface area contributed by atoms with Crippen molar-refractivity contribution in [3.05, 3.63) is 91.3 Å². The number of primary sulfonamides is 1. The number of furan rings is 1. The van der Waals surface area contributed by atoms with Gasteiger partial charge in [0.05, 0.1) is 10.3 Å². The Morgan fingerprint density at radius 2 is 1.41 bits per heavy atom. The van der Waals surface area contributed by atoms with E-state index in [-0.39, 0.29) is 4.90 Å². The monoisotopic (exact) mass is 442 g/mol. The third kappa shape index (κ3) is 3.73. The van der Waals surface area contributed by atoms with Gasteiger partial charge in [-0.3, -0.25) is 0 Å². The van der Waals surface area contributed by atoms with Crippen molar-refractivity contribution in [1.82, 2.24) is 9.97 Å². The Kier molecular flexibility index (Phi) is 4.93. The summed E-state index contributed by atoms with van der Waals surface area (Å²) in [6.07, 6.45) is 1.43. The number of rotatable bonds is 5. The summed E-state index contributed by atoms with van der Waals surface area (Å²) in [5.74, 6) is 1.24. The van der Waals surface area contributed by atoms with Crippen molar-refractivity contribution in [2.75, 3.05) is 5.32 Å². The van der Waals surface area contributed by atoms with E-state index in [9.17, 15) is 8.42 Å². The Balaban J connectivity index is 1.69. The van der Waals surface area contributed by atoms with Crippen LogP contribution in [-0.2, 0) is 10.0 Å². The molecule has 8 heteroatoms. The number of benzene rings is 3. The topological polar surface area (TPSA) is 111 Å². The molecule has 0 aliphatic rings. The first-order valence-electron chi connectivity index (χ1n) is 9.79. The molecule has 0 saturated heterocycles. The molecule has 5 aromatic rings. The SMILES string of the molecule is NS(=O)(=O)c1ccc(Nc2ncnc3oc(-c4ccccc4)c(-c4ccccc4)c23)cc1. The highest BCUT2D eigenvalue weighted by molar-refractivity contribution is 7.89. The molecule has 5 rings (SSSR count). The zero-order chi connectivity index (χ0) is 22.1. The minimum absolute atomic E-state index is 0.0375. The van der Waals surface area contributed by atoms with Crippen LogP contribution in [0, 0.1) is 0 Å². The molecule has 158 valence electrons. The van der Waals surface area contributed by atoms with Gasteiger partial charge in [0.25, 0.3) is 0 Å². The normalized spacial score (nSPS) is 11.5. The average Bonchev–Trinajstić information content (AvgIpc) is 3.21. The van der Waals surface area contributed by atoms with E-state index in [2.05, 4.69) is 15.3 Å². The van der Waals surface area contributed by atoms with Gasteiger partial charge in [-0.05, 0) is 29.8 Å². The lowest BCUT2D eigenvalue weighted by Gasteiger charge is -2.09. The molecule has 3 aromatic carbocycles. The Labute approximate surface area is 184 Å². The second-order valence-electron chi connectivity index (χ2n) is 7.14. The number of hydrogen-bond donors (Lipinski definition) is 2. The number of fused-ring (bicyclic) bond motifs is 1. The number of hydrogen-bond acceptors (Lipinski definition) is 6. The van der Waals surface area contributed by atoms with Crippen molar-refractivity contribution in [1.29, 1.82) is 0 Å². The fourth-order valence-corrected chi connectivity index (χ4v) is 4.08. The third-order valence-corrected chi connectivity index (χ3v) is 5.96. The maximum atomic E-state index is 11.5. The maximum absolute atomic E-state index is 11.5. The third-order valence-electron chi connectivity index (χ3n) is 5.03. The number of nitrogens with zero attached hydrogens (tertiary/aromatic N) is 2. The molecule has 0 aliphatic heterocycles. The number of anilines is 2. The Morgan fingerprint density at radius 1 is 0.781 bits per heavy atom. The zero-order valence-corrected chi connectivity index (χ0v) is 17.6. The smallest absolute Gasteiger partial charge is 0.238 e. The van der Waals surface area contributed by atoms with Gasteiger partial charge in [-0.25, -0.2) is 23.5 Å². The molecule has 32 heavy (non-hydrogen) atoms. The fraction of sp³-hybridized carbons (Fsp3) is 0. The minimum Gasteiger partial charge on any atom is -0.437 e. The first-order chi connectivity index (χ1) is 15.5. The molecular weight excluding hydrogens is 424 g/mol. The van der Waals surface area contributed by atoms with Crippen LogP contribution in [0.25, 0.3) is 33.6 Å². The van der Waals surface area contributed by atoms with Gasteiger partial charge in [-0.2, -0.15) is 0 Å². The van der Waals surface area contributed by atoms with E-state index in [1.165, 1.54) is 18.5 Å². The standard InChI is InChI=1S/C24H18N4O3S/c25-32(29,30)19-13-11-18(12-14-19)28-23-21-20(16-7-3-1-4-8-16)22(17-9-5-2-6-10-17)31-24(21)27-15-26-23/h1-15H,(H2,25,29,30)(H,26,27,28). The van der Waals surface area contributed by atoms with E-state index in [0.717, 1.165) is 22.1 Å². The molecule has 3 N–H and O–H groups in total. The van der Waals surface area contributed by atoms with Crippen molar-refractivity contribution < 1.29 is 12.8 Å². The van der Waals surface area contributed by atoms with Crippen LogP contribution in [-0.4, -0.2) is 18.4 Å². The van der Waals surface area contributed by atoms with Gasteiger partial charge in [0.15, 0.2) is 0 Å². The summed E-state index contributed by atoms with van der Waals surface area (Å²) in [6.45, 7) is 0. The van der Waals surface area contributed by atoms with Crippen molar-refractivity contribution >= 4 is 32.6 Å². The quantitative estimate of drug-likeness (QED) is 0.398. The van der Waals surface area contributed by atoms with Crippen LogP contribution in [0.1, 0.15) is 0 Å². The first-order valence-corrected chi connectivity index (χ1v) is 11.3. The van der Waals surface area contributed by atoms with Gasteiger partial charge in [0, 0.05) is 16.8 Å². The molecule has 0 unspecified atom stereocenters. The molecule has 7 nitrogen and oxygen atoms in total. The second-order valence-corrected chi connectivity index (χ2v) is 8.70. The predicted molar refractivity (Wildman–Crippen MR) is 124 cm³/mol. The van der Waals surface area contributed by atoms with E-state index in [0.29, 0.717) is 23.0 Å². The van der Waals surface area contributed by atoms with Crippen LogP contribution in [0.2, 0.25) is 0 Å². The molecule has 0 aliphatic carbocycles. The van der Waals surface area contributed by atoms with E-state index in [1.807, 2.05) is 60.7 Å². The number of sulfonamides is 1. The number of nitrogens with one attached hydrogen (secondary N) is 1. The molecular formula is C24H18N4O3S. The molecule has 0 atom stereocenters. The molecule has 0 saturated carbocycles. The first kappa shape index (κ1) is 19.9. The predicted octanol–water partition coefficient (Wildman–Crippen LogP) is 4.95. The molecule has 0 fully saturated rings. The van der Waals surface area contributed by atoms with Crippen LogP contribution >= 0.6 is 0 Å². The maximum Gasteiger partial charge on any atom is 0.238 e. The lowest BCUT2D eigenvalue weighted by molar-refractivity contribution is 0.598. The van der Waals surface area contributed by atoms with E-state index in [4.69, 9.17) is 9.56 Å². The minimum atomic E-state index is -3.77. The second kappa shape index (κ2) is 7.92. The molecule has 0 bridgehead atoms. The lowest BCUT2D eigenvalue weighted by atomic mass is 9.99. The van der Waals surface area contributed by atoms with Crippen molar-refractivity contribution in [2.45, 2.75) is 4.90 Å². The van der Waals surface area contributed by atoms with E-state index >= 15 is 0 Å². The largest absolute Gasteiger partial charge is 0.437 e. The van der Waals surface area contributed by atoms with E-state index < -0.39 is 10.0 Å². The summed E-state index contributed by atoms with van der Waals surface area (Å²) < 4.78 is 29.3. The Morgan fingerprint density at radius 3 is 2.03 bits per heavy atom. The van der Waals surface area contributed by atoms with Crippen LogP contribution in [0.4, 0.5) is 11.5 Å². The van der Waals surface area contributed by atoms with Crippen molar-refractivity contribution in [3.8, 4) is 22.5 Å². The van der Waals surface area contributed by atoms with Gasteiger partial charge in [0.1, 0.15) is 17.9 Å². The van der Waals surface area contributed by atoms with Crippen molar-refractivity contribution in [3.63, 3.8) is 0 Å². The summed E-state index contributed by atoms with van der Waals surface area (Å²) in [4.78, 5) is 8.83. The summed E-state index contributed by atoms with van der Waals surface area (Å²) in [5.41, 5.74) is 3.86. The van der Waals surface area contributed by atoms with E-state index in [1.54, 1.807) is 12.1 Å². The highest BCUT2D eigenvalue weighted by Gasteiger charge is 2.22. The number of nitrogens with two attached hydrogens (primary N) is 1. The summed E-state index contributed by atoms with van der Waals surface area (Å²) in [6, 6.07) is 25.9. The number of aromatic nitrogens is 2. The van der Waals surface area contributed by atoms with Gasteiger partial charge < -0.3 is 9.73 Å². The Hall–Kier alpha value is -4.01. The molecule has 2 aromatic heterocycles. The van der Waals surface area contributed by atoms with Gasteiger partial charge >= 0.3 is 0 Å². The Bertz CT molecular complexity index is 1500. The zero-order valence-electron chi connectivity index (χ0n) is 16.8. The summed E-state index contributed by atoms with van der Waals surface area (Å²) >= 11 is 0. The van der Waals surface area contributed by atoms with Crippen LogP contribution in [0.5, 0.6) is 0 Å². The van der Waals surface area contributed by atoms with Crippen LogP contribution in [0.3, 0.4) is 0 Å². The summed E-state index contributed by atoms with van der Waals surface area (Å²) in [5, 5.41) is 9.18. The average molecular weight is 443 g/mol. The molecule has 0 radical (unpaired) electrons. The van der Waals surface area contributed by atoms with Gasteiger partial charge in [0.2, 0.25) is 15.7 Å². The molecule has 0 spiro atoms. The highest BCUT2D eigenvalue weighted by Crippen LogP contribution is 2.42.